The number of ether oxygens (including phenoxy) is 1. The Labute approximate surface area is 125 Å². The molecule has 21 heavy (non-hydrogen) atoms. The summed E-state index contributed by atoms with van der Waals surface area (Å²) in [6.45, 7) is 7.12. The molecule has 0 unspecified atom stereocenters. The van der Waals surface area contributed by atoms with Crippen molar-refractivity contribution in [3.05, 3.63) is 11.1 Å². The van der Waals surface area contributed by atoms with Gasteiger partial charge < -0.3 is 14.7 Å². The molecule has 0 aliphatic carbocycles. The van der Waals surface area contributed by atoms with E-state index < -0.39 is 17.7 Å². The Morgan fingerprint density at radius 2 is 2.14 bits per heavy atom. The van der Waals surface area contributed by atoms with E-state index in [4.69, 9.17) is 14.7 Å². The van der Waals surface area contributed by atoms with E-state index in [-0.39, 0.29) is 23.1 Å². The smallest absolute Gasteiger partial charge is 0.413 e. The second kappa shape index (κ2) is 7.02. The number of carbonyl (C=O) groups excluding carboxylic acids is 1. The average Bonchev–Trinajstić information content (AvgIpc) is 2.74. The number of carboxylic acid groups (broad SMARTS) is 1. The molecule has 0 saturated heterocycles. The molecule has 0 aliphatic heterocycles. The number of thiazole rings is 1. The Bertz CT molecular complexity index is 547. The highest BCUT2D eigenvalue weighted by Crippen LogP contribution is 2.18. The van der Waals surface area contributed by atoms with Crippen molar-refractivity contribution in [1.82, 2.24) is 4.98 Å². The second-order valence-electron chi connectivity index (χ2n) is 4.83. The van der Waals surface area contributed by atoms with Crippen molar-refractivity contribution in [2.45, 2.75) is 33.3 Å². The summed E-state index contributed by atoms with van der Waals surface area (Å²) in [5, 5.41) is 16.6. The molecule has 0 saturated carbocycles. The minimum Gasteiger partial charge on any atom is -0.476 e. The summed E-state index contributed by atoms with van der Waals surface area (Å²) in [6, 6.07) is 0. The number of amides is 1. The van der Waals surface area contributed by atoms with Crippen LogP contribution < -0.4 is 5.32 Å². The third kappa shape index (κ3) is 5.78. The van der Waals surface area contributed by atoms with Crippen LogP contribution in [0.5, 0.6) is 0 Å². The van der Waals surface area contributed by atoms with Gasteiger partial charge in [0.05, 0.1) is 0 Å². The van der Waals surface area contributed by atoms with E-state index in [1.807, 2.05) is 0 Å². The predicted octanol–water partition coefficient (Wildman–Crippen LogP) is 2.32. The summed E-state index contributed by atoms with van der Waals surface area (Å²) in [5.41, 5.74) is -0.857. The van der Waals surface area contributed by atoms with Gasteiger partial charge in [-0.15, -0.1) is 11.3 Å². The molecule has 9 heteroatoms. The van der Waals surface area contributed by atoms with Crippen molar-refractivity contribution < 1.29 is 24.3 Å². The van der Waals surface area contributed by atoms with E-state index in [9.17, 15) is 9.59 Å². The van der Waals surface area contributed by atoms with Crippen LogP contribution in [0.1, 0.15) is 33.4 Å². The normalized spacial score (nSPS) is 11.9. The number of aliphatic carboxylic acids is 1. The van der Waals surface area contributed by atoms with E-state index >= 15 is 0 Å². The first-order chi connectivity index (χ1) is 9.73. The van der Waals surface area contributed by atoms with Gasteiger partial charge in [0.25, 0.3) is 0 Å². The largest absolute Gasteiger partial charge is 0.476 e. The molecule has 116 valence electrons. The van der Waals surface area contributed by atoms with Gasteiger partial charge in [-0.3, -0.25) is 5.32 Å². The van der Waals surface area contributed by atoms with Crippen LogP contribution in [0.3, 0.4) is 0 Å². The molecular formula is C12H17N3O5S. The highest BCUT2D eigenvalue weighted by Gasteiger charge is 2.20. The molecule has 0 radical (unpaired) electrons. The van der Waals surface area contributed by atoms with Crippen molar-refractivity contribution in [3.63, 3.8) is 0 Å². The molecule has 0 spiro atoms. The maximum Gasteiger partial charge on any atom is 0.413 e. The predicted molar refractivity (Wildman–Crippen MR) is 77.8 cm³/mol. The Hall–Kier alpha value is -2.16. The topological polar surface area (TPSA) is 110 Å². The van der Waals surface area contributed by atoms with Gasteiger partial charge >= 0.3 is 12.1 Å². The van der Waals surface area contributed by atoms with Crippen molar-refractivity contribution in [3.8, 4) is 0 Å². The highest BCUT2D eigenvalue weighted by molar-refractivity contribution is 7.14. The van der Waals surface area contributed by atoms with Gasteiger partial charge in [0.15, 0.2) is 5.13 Å². The van der Waals surface area contributed by atoms with Crippen LogP contribution >= 0.6 is 11.3 Å². The summed E-state index contributed by atoms with van der Waals surface area (Å²) in [6.07, 6.45) is -0.665. The number of hydrogen-bond donors (Lipinski definition) is 2. The summed E-state index contributed by atoms with van der Waals surface area (Å²) < 4.78 is 5.07. The molecule has 0 aromatic carbocycles. The van der Waals surface area contributed by atoms with Crippen LogP contribution in [0, 0.1) is 0 Å². The van der Waals surface area contributed by atoms with Crippen molar-refractivity contribution in [1.29, 1.82) is 0 Å². The summed E-state index contributed by atoms with van der Waals surface area (Å²) in [5.74, 6) is -1.27. The number of aromatic nitrogens is 1. The minimum atomic E-state index is -1.27. The zero-order chi connectivity index (χ0) is 16.0. The lowest BCUT2D eigenvalue weighted by Crippen LogP contribution is -2.27. The fourth-order valence-corrected chi connectivity index (χ4v) is 1.84. The summed E-state index contributed by atoms with van der Waals surface area (Å²) >= 11 is 1.06. The first-order valence-corrected chi connectivity index (χ1v) is 7.00. The van der Waals surface area contributed by atoms with Crippen molar-refractivity contribution >= 4 is 34.2 Å². The van der Waals surface area contributed by atoms with Crippen molar-refractivity contribution in [2.24, 2.45) is 5.16 Å². The number of carboxylic acids is 1. The maximum atomic E-state index is 11.6. The van der Waals surface area contributed by atoms with Gasteiger partial charge in [0.2, 0.25) is 5.71 Å². The fraction of sp³-hybridized carbons (Fsp3) is 0.500. The molecule has 1 amide bonds. The molecule has 8 nitrogen and oxygen atoms in total. The molecule has 0 atom stereocenters. The van der Waals surface area contributed by atoms with Gasteiger partial charge in [-0.25, -0.2) is 14.6 Å². The van der Waals surface area contributed by atoms with Crippen LogP contribution in [0.25, 0.3) is 0 Å². The molecule has 0 fully saturated rings. The van der Waals surface area contributed by atoms with Crippen LogP contribution in [0.4, 0.5) is 9.93 Å². The Morgan fingerprint density at radius 1 is 1.48 bits per heavy atom. The lowest BCUT2D eigenvalue weighted by molar-refractivity contribution is -0.129. The van der Waals surface area contributed by atoms with Crippen LogP contribution in [0.15, 0.2) is 10.5 Å². The van der Waals surface area contributed by atoms with Gasteiger partial charge in [-0.1, -0.05) is 5.16 Å². The first-order valence-electron chi connectivity index (χ1n) is 6.12. The number of nitrogens with zero attached hydrogens (tertiary/aromatic N) is 2. The van der Waals surface area contributed by atoms with E-state index in [1.165, 1.54) is 5.38 Å². The second-order valence-corrected chi connectivity index (χ2v) is 5.69. The number of oxime groups is 1. The number of rotatable bonds is 5. The minimum absolute atomic E-state index is 0.104. The highest BCUT2D eigenvalue weighted by atomic mass is 32.1. The van der Waals surface area contributed by atoms with E-state index in [1.54, 1.807) is 27.7 Å². The van der Waals surface area contributed by atoms with Crippen LogP contribution in [-0.4, -0.2) is 40.1 Å². The molecule has 1 aromatic rings. The molecule has 2 N–H and O–H groups in total. The lowest BCUT2D eigenvalue weighted by Gasteiger charge is -2.18. The summed E-state index contributed by atoms with van der Waals surface area (Å²) in [7, 11) is 0. The zero-order valence-electron chi connectivity index (χ0n) is 12.2. The fourth-order valence-electron chi connectivity index (χ4n) is 1.16. The molecule has 0 bridgehead atoms. The van der Waals surface area contributed by atoms with Crippen LogP contribution in [-0.2, 0) is 14.4 Å². The molecular weight excluding hydrogens is 298 g/mol. The van der Waals surface area contributed by atoms with Gasteiger partial charge in [-0.05, 0) is 27.7 Å². The maximum absolute atomic E-state index is 11.6. The molecule has 1 rings (SSSR count). The SMILES string of the molecule is CCO/N=C(\C(=O)O)c1csc(NC(=O)OC(C)(C)C)n1. The third-order valence-corrected chi connectivity index (χ3v) is 2.60. The first kappa shape index (κ1) is 16.9. The van der Waals surface area contributed by atoms with E-state index in [0.717, 1.165) is 11.3 Å². The van der Waals surface area contributed by atoms with Gasteiger partial charge in [-0.2, -0.15) is 0 Å². The number of carbonyl (C=O) groups is 2. The number of anilines is 1. The number of hydrogen-bond acceptors (Lipinski definition) is 7. The van der Waals surface area contributed by atoms with E-state index in [0.29, 0.717) is 0 Å². The Kier molecular flexibility index (Phi) is 5.65. The van der Waals surface area contributed by atoms with Crippen LogP contribution in [0.2, 0.25) is 0 Å². The molecule has 0 aliphatic rings. The van der Waals surface area contributed by atoms with Crippen molar-refractivity contribution in [2.75, 3.05) is 11.9 Å². The molecule has 1 aromatic heterocycles. The molecule has 1 heterocycles. The van der Waals surface area contributed by atoms with Gasteiger partial charge in [0, 0.05) is 5.38 Å². The Balaban J connectivity index is 2.80. The Morgan fingerprint density at radius 3 is 2.67 bits per heavy atom. The standard InChI is InChI=1S/C12H17N3O5S/c1-5-19-15-8(9(16)17)7-6-21-10(13-7)14-11(18)20-12(2,3)4/h6H,5H2,1-4H3,(H,16,17)(H,13,14,18)/b15-8-. The third-order valence-electron chi connectivity index (χ3n) is 1.84. The lowest BCUT2D eigenvalue weighted by atomic mass is 10.2. The average molecular weight is 315 g/mol. The zero-order valence-corrected chi connectivity index (χ0v) is 13.0. The quantitative estimate of drug-likeness (QED) is 0.637. The van der Waals surface area contributed by atoms with Gasteiger partial charge in [0.1, 0.15) is 17.9 Å². The number of nitrogens with one attached hydrogen (secondary N) is 1. The monoisotopic (exact) mass is 315 g/mol. The summed E-state index contributed by atoms with van der Waals surface area (Å²) in [4.78, 5) is 31.3. The van der Waals surface area contributed by atoms with E-state index in [2.05, 4.69) is 15.5 Å².